The first-order chi connectivity index (χ1) is 12.6. The van der Waals surface area contributed by atoms with E-state index in [0.717, 1.165) is 17.7 Å². The van der Waals surface area contributed by atoms with E-state index in [1.165, 1.54) is 11.3 Å². The lowest BCUT2D eigenvalue weighted by Gasteiger charge is -2.22. The molecule has 4 rings (SSSR count). The molecule has 0 saturated heterocycles. The highest BCUT2D eigenvalue weighted by Crippen LogP contribution is 2.34. The summed E-state index contributed by atoms with van der Waals surface area (Å²) >= 11 is 1.41. The van der Waals surface area contributed by atoms with Gasteiger partial charge in [-0.1, -0.05) is 0 Å². The Labute approximate surface area is 154 Å². The molecule has 0 spiro atoms. The van der Waals surface area contributed by atoms with E-state index in [0.29, 0.717) is 34.7 Å². The SMILES string of the molecule is Cc1cnc(NC(=O)CN(CC2CC2)C(=O)c2ccc3c(c2)OCO3)s1. The summed E-state index contributed by atoms with van der Waals surface area (Å²) in [5.74, 6) is 1.25. The van der Waals surface area contributed by atoms with Gasteiger partial charge in [-0.2, -0.15) is 0 Å². The summed E-state index contributed by atoms with van der Waals surface area (Å²) in [6.45, 7) is 2.67. The van der Waals surface area contributed by atoms with Crippen LogP contribution < -0.4 is 14.8 Å². The number of fused-ring (bicyclic) bond motifs is 1. The van der Waals surface area contributed by atoms with E-state index in [-0.39, 0.29) is 25.2 Å². The summed E-state index contributed by atoms with van der Waals surface area (Å²) in [5.41, 5.74) is 0.493. The number of hydrogen-bond acceptors (Lipinski definition) is 6. The van der Waals surface area contributed by atoms with Gasteiger partial charge in [-0.3, -0.25) is 9.59 Å². The Morgan fingerprint density at radius 1 is 1.31 bits per heavy atom. The molecule has 1 fully saturated rings. The third-order valence-electron chi connectivity index (χ3n) is 4.28. The molecule has 1 aliphatic heterocycles. The van der Waals surface area contributed by atoms with E-state index in [4.69, 9.17) is 9.47 Å². The molecule has 0 atom stereocenters. The van der Waals surface area contributed by atoms with Gasteiger partial charge in [0.15, 0.2) is 16.6 Å². The van der Waals surface area contributed by atoms with Crippen LogP contribution in [0, 0.1) is 12.8 Å². The lowest BCUT2D eigenvalue weighted by atomic mass is 10.1. The van der Waals surface area contributed by atoms with Crippen LogP contribution in [0.3, 0.4) is 0 Å². The number of hydrogen-bond donors (Lipinski definition) is 1. The van der Waals surface area contributed by atoms with Crippen LogP contribution in [0.15, 0.2) is 24.4 Å². The van der Waals surface area contributed by atoms with Crippen molar-refractivity contribution in [1.29, 1.82) is 0 Å². The summed E-state index contributed by atoms with van der Waals surface area (Å²) < 4.78 is 10.6. The summed E-state index contributed by atoms with van der Waals surface area (Å²) in [6.07, 6.45) is 3.90. The fraction of sp³-hybridized carbons (Fsp3) is 0.389. The summed E-state index contributed by atoms with van der Waals surface area (Å²) in [7, 11) is 0. The molecule has 7 nitrogen and oxygen atoms in total. The maximum absolute atomic E-state index is 12.9. The maximum Gasteiger partial charge on any atom is 0.254 e. The molecule has 0 bridgehead atoms. The maximum atomic E-state index is 12.9. The zero-order chi connectivity index (χ0) is 18.1. The van der Waals surface area contributed by atoms with Crippen LogP contribution in [0.25, 0.3) is 0 Å². The minimum atomic E-state index is -0.242. The molecule has 8 heteroatoms. The van der Waals surface area contributed by atoms with Crippen molar-refractivity contribution in [3.63, 3.8) is 0 Å². The highest BCUT2D eigenvalue weighted by atomic mass is 32.1. The number of rotatable bonds is 6. The van der Waals surface area contributed by atoms with Crippen LogP contribution in [0.5, 0.6) is 11.5 Å². The molecule has 2 heterocycles. The molecule has 2 aromatic rings. The molecule has 1 N–H and O–H groups in total. The number of carbonyl (C=O) groups is 2. The van der Waals surface area contributed by atoms with E-state index in [9.17, 15) is 9.59 Å². The number of nitrogens with zero attached hydrogens (tertiary/aromatic N) is 2. The first-order valence-corrected chi connectivity index (χ1v) is 9.31. The summed E-state index contributed by atoms with van der Waals surface area (Å²) in [5, 5.41) is 3.32. The Kier molecular flexibility index (Phi) is 4.50. The van der Waals surface area contributed by atoms with Crippen LogP contribution >= 0.6 is 11.3 Å². The Balaban J connectivity index is 1.46. The number of anilines is 1. The predicted octanol–water partition coefficient (Wildman–Crippen LogP) is 2.67. The molecule has 0 unspecified atom stereocenters. The van der Waals surface area contributed by atoms with E-state index >= 15 is 0 Å². The quantitative estimate of drug-likeness (QED) is 0.842. The van der Waals surface area contributed by atoms with Crippen LogP contribution in [0.4, 0.5) is 5.13 Å². The molecule has 1 aromatic carbocycles. The molecule has 1 aliphatic carbocycles. The second-order valence-corrected chi connectivity index (χ2v) is 7.76. The van der Waals surface area contributed by atoms with Crippen molar-refractivity contribution in [3.05, 3.63) is 34.8 Å². The monoisotopic (exact) mass is 373 g/mol. The van der Waals surface area contributed by atoms with E-state index in [1.807, 2.05) is 6.92 Å². The summed E-state index contributed by atoms with van der Waals surface area (Å²) in [6, 6.07) is 5.10. The number of carbonyl (C=O) groups excluding carboxylic acids is 2. The molecule has 1 saturated carbocycles. The molecule has 2 amide bonds. The Morgan fingerprint density at radius 3 is 2.85 bits per heavy atom. The van der Waals surface area contributed by atoms with Crippen molar-refractivity contribution in [2.24, 2.45) is 5.92 Å². The minimum absolute atomic E-state index is 0.00238. The second kappa shape index (κ2) is 6.95. The number of thiazole rings is 1. The van der Waals surface area contributed by atoms with Crippen LogP contribution in [0.1, 0.15) is 28.1 Å². The van der Waals surface area contributed by atoms with Crippen molar-refractivity contribution < 1.29 is 19.1 Å². The van der Waals surface area contributed by atoms with Gasteiger partial charge in [0, 0.05) is 23.2 Å². The number of aromatic nitrogens is 1. The smallest absolute Gasteiger partial charge is 0.254 e. The predicted molar refractivity (Wildman–Crippen MR) is 96.7 cm³/mol. The van der Waals surface area contributed by atoms with Gasteiger partial charge in [0.2, 0.25) is 12.7 Å². The van der Waals surface area contributed by atoms with Crippen molar-refractivity contribution >= 4 is 28.3 Å². The van der Waals surface area contributed by atoms with Gasteiger partial charge in [0.1, 0.15) is 6.54 Å². The van der Waals surface area contributed by atoms with Gasteiger partial charge in [0.25, 0.3) is 5.91 Å². The van der Waals surface area contributed by atoms with Gasteiger partial charge < -0.3 is 19.7 Å². The first kappa shape index (κ1) is 16.8. The van der Waals surface area contributed by atoms with Gasteiger partial charge >= 0.3 is 0 Å². The van der Waals surface area contributed by atoms with Gasteiger partial charge in [-0.05, 0) is 43.9 Å². The molecule has 0 radical (unpaired) electrons. The summed E-state index contributed by atoms with van der Waals surface area (Å²) in [4.78, 5) is 32.1. The van der Waals surface area contributed by atoms with Crippen molar-refractivity contribution in [2.75, 3.05) is 25.2 Å². The molecular weight excluding hydrogens is 354 g/mol. The van der Waals surface area contributed by atoms with Crippen LogP contribution in [-0.4, -0.2) is 41.6 Å². The lowest BCUT2D eigenvalue weighted by Crippen LogP contribution is -2.39. The molecule has 2 aliphatic rings. The Hall–Kier alpha value is -2.61. The average molecular weight is 373 g/mol. The Morgan fingerprint density at radius 2 is 2.12 bits per heavy atom. The molecule has 1 aromatic heterocycles. The normalized spacial score (nSPS) is 15.0. The van der Waals surface area contributed by atoms with Crippen LogP contribution in [0.2, 0.25) is 0 Å². The number of amides is 2. The van der Waals surface area contributed by atoms with E-state index < -0.39 is 0 Å². The van der Waals surface area contributed by atoms with E-state index in [1.54, 1.807) is 29.3 Å². The standard InChI is InChI=1S/C18H19N3O4S/c1-11-7-19-18(26-11)20-16(22)9-21(8-12-2-3-12)17(23)13-4-5-14-15(6-13)25-10-24-14/h4-7,12H,2-3,8-10H2,1H3,(H,19,20,22). The van der Waals surface area contributed by atoms with Gasteiger partial charge in [-0.15, -0.1) is 11.3 Å². The van der Waals surface area contributed by atoms with Crippen molar-refractivity contribution in [3.8, 4) is 11.5 Å². The molecule has 136 valence electrons. The number of ether oxygens (including phenoxy) is 2. The fourth-order valence-corrected chi connectivity index (χ4v) is 3.47. The lowest BCUT2D eigenvalue weighted by molar-refractivity contribution is -0.116. The third kappa shape index (κ3) is 3.80. The zero-order valence-electron chi connectivity index (χ0n) is 14.4. The number of nitrogens with one attached hydrogen (secondary N) is 1. The van der Waals surface area contributed by atoms with Crippen molar-refractivity contribution in [2.45, 2.75) is 19.8 Å². The highest BCUT2D eigenvalue weighted by Gasteiger charge is 2.29. The zero-order valence-corrected chi connectivity index (χ0v) is 15.2. The largest absolute Gasteiger partial charge is 0.454 e. The molecular formula is C18H19N3O4S. The Bertz CT molecular complexity index is 847. The average Bonchev–Trinajstić information content (AvgIpc) is 3.14. The van der Waals surface area contributed by atoms with Gasteiger partial charge in [-0.25, -0.2) is 4.98 Å². The third-order valence-corrected chi connectivity index (χ3v) is 5.11. The number of aryl methyl sites for hydroxylation is 1. The van der Waals surface area contributed by atoms with E-state index in [2.05, 4.69) is 10.3 Å². The van der Waals surface area contributed by atoms with Crippen LogP contribution in [-0.2, 0) is 4.79 Å². The van der Waals surface area contributed by atoms with Gasteiger partial charge in [0.05, 0.1) is 0 Å². The topological polar surface area (TPSA) is 80.8 Å². The first-order valence-electron chi connectivity index (χ1n) is 8.49. The second-order valence-electron chi connectivity index (χ2n) is 6.52. The number of benzene rings is 1. The minimum Gasteiger partial charge on any atom is -0.454 e. The highest BCUT2D eigenvalue weighted by molar-refractivity contribution is 7.15. The fourth-order valence-electron chi connectivity index (χ4n) is 2.79. The van der Waals surface area contributed by atoms with Crippen molar-refractivity contribution in [1.82, 2.24) is 9.88 Å². The molecule has 26 heavy (non-hydrogen) atoms.